The number of benzene rings is 4. The third kappa shape index (κ3) is 6.10. The molecule has 0 radical (unpaired) electrons. The summed E-state index contributed by atoms with van der Waals surface area (Å²) in [6.07, 6.45) is 1.65. The predicted octanol–water partition coefficient (Wildman–Crippen LogP) is 4.70. The first-order valence-electron chi connectivity index (χ1n) is 14.5. The highest BCUT2D eigenvalue weighted by atomic mass is 32.2. The normalized spacial score (nSPS) is 15.8. The Hall–Kier alpha value is -4.86. The molecular formula is C35H32N4O4S. The van der Waals surface area contributed by atoms with Gasteiger partial charge >= 0.3 is 0 Å². The molecule has 9 heteroatoms. The van der Waals surface area contributed by atoms with Crippen LogP contribution in [0.15, 0.2) is 132 Å². The molecule has 1 aliphatic heterocycles. The SMILES string of the molecule is O=C(NCC(c1ccccc1)c1ccccc1)C1CN(C(=O)c2ccccc2)CCN1S(=O)(=O)c1ccc2ncccc2c1. The molecule has 2 heterocycles. The highest BCUT2D eigenvalue weighted by molar-refractivity contribution is 7.89. The van der Waals surface area contributed by atoms with Crippen LogP contribution < -0.4 is 5.32 Å². The number of nitrogens with zero attached hydrogens (tertiary/aromatic N) is 3. The first-order chi connectivity index (χ1) is 21.4. The highest BCUT2D eigenvalue weighted by Gasteiger charge is 2.41. The average molecular weight is 605 g/mol. The van der Waals surface area contributed by atoms with Gasteiger partial charge in [-0.15, -0.1) is 0 Å². The molecule has 1 aromatic heterocycles. The second-order valence-electron chi connectivity index (χ2n) is 10.7. The van der Waals surface area contributed by atoms with Gasteiger partial charge in [0.1, 0.15) is 6.04 Å². The van der Waals surface area contributed by atoms with E-state index in [1.807, 2.05) is 66.7 Å². The molecule has 1 atom stereocenters. The lowest BCUT2D eigenvalue weighted by molar-refractivity contribution is -0.126. The van der Waals surface area contributed by atoms with Crippen LogP contribution in [0, 0.1) is 0 Å². The molecule has 1 N–H and O–H groups in total. The van der Waals surface area contributed by atoms with Crippen LogP contribution in [0.3, 0.4) is 0 Å². The number of hydrogen-bond donors (Lipinski definition) is 1. The summed E-state index contributed by atoms with van der Waals surface area (Å²) in [4.78, 5) is 33.3. The van der Waals surface area contributed by atoms with E-state index in [0.29, 0.717) is 16.5 Å². The zero-order valence-corrected chi connectivity index (χ0v) is 24.8. The molecule has 44 heavy (non-hydrogen) atoms. The molecule has 8 nitrogen and oxygen atoms in total. The molecule has 0 saturated carbocycles. The number of nitrogens with one attached hydrogen (secondary N) is 1. The van der Waals surface area contributed by atoms with Crippen LogP contribution in [0.25, 0.3) is 10.9 Å². The van der Waals surface area contributed by atoms with Crippen LogP contribution in [0.2, 0.25) is 0 Å². The van der Waals surface area contributed by atoms with Gasteiger partial charge < -0.3 is 10.2 Å². The number of hydrogen-bond acceptors (Lipinski definition) is 5. The average Bonchev–Trinajstić information content (AvgIpc) is 3.08. The number of carbonyl (C=O) groups is 2. The van der Waals surface area contributed by atoms with Crippen molar-refractivity contribution in [2.24, 2.45) is 0 Å². The largest absolute Gasteiger partial charge is 0.354 e. The summed E-state index contributed by atoms with van der Waals surface area (Å²) < 4.78 is 29.4. The molecule has 0 aliphatic carbocycles. The fraction of sp³-hybridized carbons (Fsp3) is 0.171. The van der Waals surface area contributed by atoms with Crippen molar-refractivity contribution >= 4 is 32.7 Å². The second-order valence-corrected chi connectivity index (χ2v) is 12.6. The van der Waals surface area contributed by atoms with Gasteiger partial charge in [-0.25, -0.2) is 8.42 Å². The van der Waals surface area contributed by atoms with Crippen molar-refractivity contribution < 1.29 is 18.0 Å². The van der Waals surface area contributed by atoms with Gasteiger partial charge in [-0.05, 0) is 47.5 Å². The zero-order valence-electron chi connectivity index (χ0n) is 24.0. The van der Waals surface area contributed by atoms with Crippen LogP contribution in [-0.2, 0) is 14.8 Å². The number of aromatic nitrogens is 1. The van der Waals surface area contributed by atoms with Crippen molar-refractivity contribution in [3.63, 3.8) is 0 Å². The Labute approximate surface area is 257 Å². The first-order valence-corrected chi connectivity index (χ1v) is 15.9. The standard InChI is InChI=1S/C35H32N4O4S/c40-34(37-24-31(26-11-4-1-5-12-26)27-13-6-2-7-14-27)33-25-38(35(41)28-15-8-3-9-16-28)21-22-39(33)44(42,43)30-18-19-32-29(23-30)17-10-20-36-32/h1-20,23,31,33H,21-22,24-25H2,(H,37,40). The lowest BCUT2D eigenvalue weighted by Gasteiger charge is -2.39. The van der Waals surface area contributed by atoms with Gasteiger partial charge in [-0.3, -0.25) is 14.6 Å². The van der Waals surface area contributed by atoms with E-state index in [0.717, 1.165) is 11.1 Å². The van der Waals surface area contributed by atoms with Crippen LogP contribution in [0.5, 0.6) is 0 Å². The Morgan fingerprint density at radius 3 is 2.09 bits per heavy atom. The number of rotatable bonds is 8. The Bertz CT molecular complexity index is 1830. The number of sulfonamides is 1. The first kappa shape index (κ1) is 29.2. The third-order valence-corrected chi connectivity index (χ3v) is 9.91. The topological polar surface area (TPSA) is 99.7 Å². The lowest BCUT2D eigenvalue weighted by atomic mass is 9.91. The van der Waals surface area contributed by atoms with Gasteiger partial charge in [0.15, 0.2) is 0 Å². The number of fused-ring (bicyclic) bond motifs is 1. The third-order valence-electron chi connectivity index (χ3n) is 8.01. The van der Waals surface area contributed by atoms with Crippen LogP contribution in [0.1, 0.15) is 27.4 Å². The summed E-state index contributed by atoms with van der Waals surface area (Å²) >= 11 is 0. The molecule has 1 saturated heterocycles. The van der Waals surface area contributed by atoms with E-state index in [2.05, 4.69) is 10.3 Å². The van der Waals surface area contributed by atoms with Gasteiger partial charge in [0.05, 0.1) is 10.4 Å². The fourth-order valence-electron chi connectivity index (χ4n) is 5.68. The molecule has 0 bridgehead atoms. The number of carbonyl (C=O) groups excluding carboxylic acids is 2. The summed E-state index contributed by atoms with van der Waals surface area (Å²) in [7, 11) is -4.10. The summed E-state index contributed by atoms with van der Waals surface area (Å²) in [5.74, 6) is -0.854. The van der Waals surface area contributed by atoms with E-state index in [9.17, 15) is 18.0 Å². The summed E-state index contributed by atoms with van der Waals surface area (Å²) in [6, 6.07) is 35.7. The maximum atomic E-state index is 14.1. The Kier molecular flexibility index (Phi) is 8.49. The maximum absolute atomic E-state index is 14.1. The number of piperazine rings is 1. The molecule has 2 amide bonds. The van der Waals surface area contributed by atoms with Crippen molar-refractivity contribution in [2.75, 3.05) is 26.2 Å². The van der Waals surface area contributed by atoms with Crippen LogP contribution in [-0.4, -0.2) is 66.6 Å². The quantitative estimate of drug-likeness (QED) is 0.277. The van der Waals surface area contributed by atoms with Crippen molar-refractivity contribution in [2.45, 2.75) is 16.9 Å². The lowest BCUT2D eigenvalue weighted by Crippen LogP contribution is -2.61. The molecule has 222 valence electrons. The van der Waals surface area contributed by atoms with E-state index in [-0.39, 0.29) is 42.9 Å². The molecule has 5 aromatic rings. The summed E-state index contributed by atoms with van der Waals surface area (Å²) in [5.41, 5.74) is 3.21. The van der Waals surface area contributed by atoms with E-state index >= 15 is 0 Å². The Morgan fingerprint density at radius 1 is 0.795 bits per heavy atom. The molecular weight excluding hydrogens is 572 g/mol. The van der Waals surface area contributed by atoms with Gasteiger partial charge in [-0.2, -0.15) is 4.31 Å². The molecule has 4 aromatic carbocycles. The maximum Gasteiger partial charge on any atom is 0.253 e. The van der Waals surface area contributed by atoms with Gasteiger partial charge in [0.25, 0.3) is 5.91 Å². The monoisotopic (exact) mass is 604 g/mol. The minimum atomic E-state index is -4.10. The molecule has 1 aliphatic rings. The summed E-state index contributed by atoms with van der Waals surface area (Å²) in [6.45, 7) is 0.314. The van der Waals surface area contributed by atoms with Crippen molar-refractivity contribution in [3.8, 4) is 0 Å². The minimum Gasteiger partial charge on any atom is -0.354 e. The smallest absolute Gasteiger partial charge is 0.253 e. The van der Waals surface area contributed by atoms with Gasteiger partial charge in [-0.1, -0.05) is 84.9 Å². The number of pyridine rings is 1. The predicted molar refractivity (Wildman–Crippen MR) is 170 cm³/mol. The van der Waals surface area contributed by atoms with Crippen molar-refractivity contribution in [1.82, 2.24) is 19.5 Å². The van der Waals surface area contributed by atoms with E-state index < -0.39 is 22.0 Å². The minimum absolute atomic E-state index is 0.0229. The molecule has 1 fully saturated rings. The van der Waals surface area contributed by atoms with E-state index in [1.165, 1.54) is 10.4 Å². The fourth-order valence-corrected chi connectivity index (χ4v) is 7.29. The zero-order chi connectivity index (χ0) is 30.5. The Balaban J connectivity index is 1.30. The highest BCUT2D eigenvalue weighted by Crippen LogP contribution is 2.27. The summed E-state index contributed by atoms with van der Waals surface area (Å²) in [5, 5.41) is 3.72. The number of amides is 2. The van der Waals surface area contributed by atoms with Crippen LogP contribution >= 0.6 is 0 Å². The van der Waals surface area contributed by atoms with E-state index in [1.54, 1.807) is 59.6 Å². The van der Waals surface area contributed by atoms with Gasteiger partial charge in [0, 0.05) is 49.2 Å². The van der Waals surface area contributed by atoms with Gasteiger partial charge in [0.2, 0.25) is 15.9 Å². The van der Waals surface area contributed by atoms with Crippen molar-refractivity contribution in [1.29, 1.82) is 0 Å². The van der Waals surface area contributed by atoms with E-state index in [4.69, 9.17) is 0 Å². The van der Waals surface area contributed by atoms with Crippen LogP contribution in [0.4, 0.5) is 0 Å². The Morgan fingerprint density at radius 2 is 1.43 bits per heavy atom. The molecule has 6 rings (SSSR count). The van der Waals surface area contributed by atoms with Crippen molar-refractivity contribution in [3.05, 3.63) is 144 Å². The molecule has 1 unspecified atom stereocenters. The second kappa shape index (κ2) is 12.8. The molecule has 0 spiro atoms.